The fourth-order valence-corrected chi connectivity index (χ4v) is 3.67. The molecule has 0 saturated heterocycles. The van der Waals surface area contributed by atoms with E-state index in [1.807, 2.05) is 42.7 Å². The summed E-state index contributed by atoms with van der Waals surface area (Å²) in [5.74, 6) is 6.15. The Balaban J connectivity index is 1.87. The van der Waals surface area contributed by atoms with Crippen molar-refractivity contribution in [3.05, 3.63) is 47.4 Å². The second-order valence-corrected chi connectivity index (χ2v) is 9.07. The maximum absolute atomic E-state index is 13.5. The maximum Gasteiger partial charge on any atom is 0.259 e. The summed E-state index contributed by atoms with van der Waals surface area (Å²) in [6.45, 7) is 6.27. The number of nitrogens with one attached hydrogen (secondary N) is 1. The Morgan fingerprint density at radius 1 is 1.28 bits per heavy atom. The van der Waals surface area contributed by atoms with Crippen LogP contribution in [0.5, 0.6) is 0 Å². The fraction of sp³-hybridized carbons (Fsp3) is 0.375. The van der Waals surface area contributed by atoms with Crippen molar-refractivity contribution in [1.29, 1.82) is 0 Å². The lowest BCUT2D eigenvalue weighted by molar-refractivity contribution is 0.102. The number of ether oxygens (including phenoxy) is 1. The van der Waals surface area contributed by atoms with Gasteiger partial charge in [0, 0.05) is 18.3 Å². The van der Waals surface area contributed by atoms with Crippen molar-refractivity contribution in [2.45, 2.75) is 51.3 Å². The van der Waals surface area contributed by atoms with Gasteiger partial charge in [0.15, 0.2) is 0 Å². The SMILES string of the molecule is COCc1ccc(NC(=O)c2c(C#CC(C)(C)N)n(C3(C)CC3)c3ncnc(N)c23)cc1. The van der Waals surface area contributed by atoms with Gasteiger partial charge in [0.05, 0.1) is 23.1 Å². The number of carbonyl (C=O) groups is 1. The fourth-order valence-electron chi connectivity index (χ4n) is 3.67. The smallest absolute Gasteiger partial charge is 0.259 e. The molecule has 8 heteroatoms. The summed E-state index contributed by atoms with van der Waals surface area (Å²) in [7, 11) is 1.64. The molecule has 0 unspecified atom stereocenters. The van der Waals surface area contributed by atoms with Gasteiger partial charge in [0.1, 0.15) is 23.5 Å². The molecule has 1 aliphatic rings. The molecule has 2 heterocycles. The van der Waals surface area contributed by atoms with Gasteiger partial charge in [-0.3, -0.25) is 4.79 Å². The van der Waals surface area contributed by atoms with Gasteiger partial charge >= 0.3 is 0 Å². The zero-order chi connectivity index (χ0) is 23.1. The van der Waals surface area contributed by atoms with E-state index >= 15 is 0 Å². The van der Waals surface area contributed by atoms with E-state index in [0.717, 1.165) is 18.4 Å². The van der Waals surface area contributed by atoms with Crippen molar-refractivity contribution in [3.8, 4) is 11.8 Å². The Kier molecular flexibility index (Phi) is 5.41. The largest absolute Gasteiger partial charge is 0.383 e. The minimum Gasteiger partial charge on any atom is -0.383 e. The second kappa shape index (κ2) is 7.93. The van der Waals surface area contributed by atoms with Crippen LogP contribution in [0.25, 0.3) is 11.0 Å². The van der Waals surface area contributed by atoms with Gasteiger partial charge < -0.3 is 26.1 Å². The molecular weight excluding hydrogens is 404 g/mol. The summed E-state index contributed by atoms with van der Waals surface area (Å²) >= 11 is 0. The average molecular weight is 433 g/mol. The predicted octanol–water partition coefficient (Wildman–Crippen LogP) is 3.01. The molecule has 3 aromatic rings. The van der Waals surface area contributed by atoms with E-state index in [0.29, 0.717) is 34.6 Å². The van der Waals surface area contributed by atoms with Gasteiger partial charge in [-0.05, 0) is 57.2 Å². The van der Waals surface area contributed by atoms with Crippen LogP contribution in [0.15, 0.2) is 30.6 Å². The van der Waals surface area contributed by atoms with Crippen molar-refractivity contribution in [2.24, 2.45) is 5.73 Å². The Labute approximate surface area is 187 Å². The number of aromatic nitrogens is 3. The highest BCUT2D eigenvalue weighted by molar-refractivity contribution is 6.16. The third-order valence-electron chi connectivity index (χ3n) is 5.55. The van der Waals surface area contributed by atoms with E-state index in [1.54, 1.807) is 7.11 Å². The number of carbonyl (C=O) groups excluding carboxylic acids is 1. The number of nitrogens with two attached hydrogens (primary N) is 2. The highest BCUT2D eigenvalue weighted by Gasteiger charge is 2.44. The highest BCUT2D eigenvalue weighted by Crippen LogP contribution is 2.47. The van der Waals surface area contributed by atoms with Gasteiger partial charge in [-0.15, -0.1) is 0 Å². The maximum atomic E-state index is 13.5. The first-order chi connectivity index (χ1) is 15.1. The van der Waals surface area contributed by atoms with E-state index in [1.165, 1.54) is 6.33 Å². The number of methoxy groups -OCH3 is 1. The highest BCUT2D eigenvalue weighted by atomic mass is 16.5. The van der Waals surface area contributed by atoms with Crippen LogP contribution in [0.2, 0.25) is 0 Å². The normalized spacial score (nSPS) is 14.7. The molecule has 2 aromatic heterocycles. The Morgan fingerprint density at radius 3 is 2.56 bits per heavy atom. The van der Waals surface area contributed by atoms with Crippen LogP contribution in [-0.2, 0) is 16.9 Å². The standard InChI is InChI=1S/C24H28N6O2/c1-23(2,26)10-9-17-18(22(31)29-16-7-5-15(6-8-16)13-32-4)19-20(25)27-14-28-21(19)30(17)24(3)11-12-24/h5-8,14H,11-13,26H2,1-4H3,(H,29,31)(H2,25,27,28). The number of nitrogens with zero attached hydrogens (tertiary/aromatic N) is 3. The third-order valence-corrected chi connectivity index (χ3v) is 5.55. The number of rotatable bonds is 5. The van der Waals surface area contributed by atoms with E-state index in [9.17, 15) is 4.79 Å². The summed E-state index contributed by atoms with van der Waals surface area (Å²) in [4.78, 5) is 22.2. The number of anilines is 2. The van der Waals surface area contributed by atoms with E-state index < -0.39 is 5.54 Å². The predicted molar refractivity (Wildman–Crippen MR) is 125 cm³/mol. The monoisotopic (exact) mass is 432 g/mol. The van der Waals surface area contributed by atoms with E-state index in [-0.39, 0.29) is 17.3 Å². The van der Waals surface area contributed by atoms with Crippen molar-refractivity contribution in [3.63, 3.8) is 0 Å². The van der Waals surface area contributed by atoms with Crippen LogP contribution in [0.4, 0.5) is 11.5 Å². The first-order valence-electron chi connectivity index (χ1n) is 10.5. The summed E-state index contributed by atoms with van der Waals surface area (Å²) in [5.41, 5.74) is 14.7. The molecule has 1 fully saturated rings. The first-order valence-corrected chi connectivity index (χ1v) is 10.5. The van der Waals surface area contributed by atoms with Crippen LogP contribution >= 0.6 is 0 Å². The van der Waals surface area contributed by atoms with Gasteiger partial charge in [-0.25, -0.2) is 9.97 Å². The average Bonchev–Trinajstić information content (AvgIpc) is 3.36. The molecule has 0 bridgehead atoms. The zero-order valence-electron chi connectivity index (χ0n) is 18.8. The van der Waals surface area contributed by atoms with Gasteiger partial charge in [0.25, 0.3) is 5.91 Å². The van der Waals surface area contributed by atoms with Crippen LogP contribution in [0.1, 0.15) is 55.2 Å². The molecule has 0 spiro atoms. The van der Waals surface area contributed by atoms with Crippen LogP contribution in [-0.4, -0.2) is 33.1 Å². The quantitative estimate of drug-likeness (QED) is 0.533. The summed E-state index contributed by atoms with van der Waals surface area (Å²) in [5, 5.41) is 3.47. The lowest BCUT2D eigenvalue weighted by Crippen LogP contribution is -2.29. The first kappa shape index (κ1) is 21.8. The van der Waals surface area contributed by atoms with Crippen molar-refractivity contribution < 1.29 is 9.53 Å². The molecule has 1 saturated carbocycles. The molecule has 8 nitrogen and oxygen atoms in total. The zero-order valence-corrected chi connectivity index (χ0v) is 18.8. The van der Waals surface area contributed by atoms with Gasteiger partial charge in [-0.2, -0.15) is 0 Å². The molecule has 4 rings (SSSR count). The minimum absolute atomic E-state index is 0.178. The van der Waals surface area contributed by atoms with Crippen molar-refractivity contribution >= 4 is 28.4 Å². The molecule has 1 aromatic carbocycles. The number of benzene rings is 1. The van der Waals surface area contributed by atoms with Gasteiger partial charge in [-0.1, -0.05) is 18.1 Å². The Morgan fingerprint density at radius 2 is 1.97 bits per heavy atom. The van der Waals surface area contributed by atoms with Gasteiger partial charge in [0.2, 0.25) is 0 Å². The number of fused-ring (bicyclic) bond motifs is 1. The number of nitrogen functional groups attached to an aromatic ring is 1. The lowest BCUT2D eigenvalue weighted by Gasteiger charge is -2.15. The molecule has 32 heavy (non-hydrogen) atoms. The summed E-state index contributed by atoms with van der Waals surface area (Å²) in [6, 6.07) is 7.48. The minimum atomic E-state index is -0.728. The molecule has 0 aliphatic heterocycles. The van der Waals surface area contributed by atoms with Crippen molar-refractivity contribution in [2.75, 3.05) is 18.2 Å². The molecule has 1 amide bonds. The molecule has 166 valence electrons. The number of hydrogen-bond acceptors (Lipinski definition) is 6. The second-order valence-electron chi connectivity index (χ2n) is 9.07. The number of hydrogen-bond donors (Lipinski definition) is 3. The molecule has 0 atom stereocenters. The lowest BCUT2D eigenvalue weighted by atomic mass is 10.1. The van der Waals surface area contributed by atoms with E-state index in [2.05, 4.69) is 34.0 Å². The molecule has 1 aliphatic carbocycles. The summed E-state index contributed by atoms with van der Waals surface area (Å²) in [6.07, 6.45) is 3.34. The van der Waals surface area contributed by atoms with Crippen LogP contribution < -0.4 is 16.8 Å². The van der Waals surface area contributed by atoms with Crippen molar-refractivity contribution in [1.82, 2.24) is 14.5 Å². The Hall–Kier alpha value is -3.41. The summed E-state index contributed by atoms with van der Waals surface area (Å²) < 4.78 is 7.17. The molecular formula is C24H28N6O2. The van der Waals surface area contributed by atoms with E-state index in [4.69, 9.17) is 16.2 Å². The molecule has 0 radical (unpaired) electrons. The van der Waals surface area contributed by atoms with Crippen LogP contribution in [0.3, 0.4) is 0 Å². The number of amides is 1. The Bertz CT molecular complexity index is 1240. The topological polar surface area (TPSA) is 121 Å². The van der Waals surface area contributed by atoms with Crippen LogP contribution in [0, 0.1) is 11.8 Å². The molecule has 5 N–H and O–H groups in total. The third kappa shape index (κ3) is 4.17.